The molecular weight excluding hydrogens is 371 g/mol. The van der Waals surface area contributed by atoms with Gasteiger partial charge in [-0.05, 0) is 24.6 Å². The van der Waals surface area contributed by atoms with Crippen molar-refractivity contribution in [2.24, 2.45) is 7.05 Å². The van der Waals surface area contributed by atoms with Crippen LogP contribution in [0.5, 0.6) is 5.75 Å². The van der Waals surface area contributed by atoms with E-state index in [1.165, 1.54) is 0 Å². The predicted molar refractivity (Wildman–Crippen MR) is 83.9 cm³/mol. The van der Waals surface area contributed by atoms with Crippen LogP contribution in [0.2, 0.25) is 10.0 Å². The lowest BCUT2D eigenvalue weighted by atomic mass is 10.1. The fourth-order valence-electron chi connectivity index (χ4n) is 2.00. The van der Waals surface area contributed by atoms with E-state index in [1.54, 1.807) is 6.92 Å². The first-order valence-electron chi connectivity index (χ1n) is 6.58. The van der Waals surface area contributed by atoms with E-state index in [2.05, 4.69) is 11.7 Å². The molecule has 2 aromatic rings. The van der Waals surface area contributed by atoms with Gasteiger partial charge in [0, 0.05) is 12.6 Å². The van der Waals surface area contributed by atoms with E-state index in [-0.39, 0.29) is 28.6 Å². The highest BCUT2D eigenvalue weighted by Crippen LogP contribution is 2.41. The van der Waals surface area contributed by atoms with Gasteiger partial charge in [0.15, 0.2) is 5.69 Å². The SMILES string of the molecule is C=C(C)COc1cc(-c2nn(C)c(C(F)(F)F)c2Cl)c(F)cc1Cl. The summed E-state index contributed by atoms with van der Waals surface area (Å²) in [5.41, 5.74) is -1.07. The summed E-state index contributed by atoms with van der Waals surface area (Å²) in [5.74, 6) is -0.775. The van der Waals surface area contributed by atoms with E-state index in [9.17, 15) is 17.6 Å². The fraction of sp³-hybridized carbons (Fsp3) is 0.267. The third kappa shape index (κ3) is 3.67. The lowest BCUT2D eigenvalue weighted by Crippen LogP contribution is -2.12. The van der Waals surface area contributed by atoms with Gasteiger partial charge in [-0.1, -0.05) is 29.8 Å². The lowest BCUT2D eigenvalue weighted by Gasteiger charge is -2.10. The van der Waals surface area contributed by atoms with E-state index >= 15 is 0 Å². The normalized spacial score (nSPS) is 11.7. The minimum atomic E-state index is -4.72. The minimum Gasteiger partial charge on any atom is -0.488 e. The highest BCUT2D eigenvalue weighted by Gasteiger charge is 2.39. The Morgan fingerprint density at radius 1 is 1.33 bits per heavy atom. The van der Waals surface area contributed by atoms with Crippen molar-refractivity contribution in [1.29, 1.82) is 0 Å². The Morgan fingerprint density at radius 3 is 2.46 bits per heavy atom. The number of aromatic nitrogens is 2. The van der Waals surface area contributed by atoms with Crippen molar-refractivity contribution < 1.29 is 22.3 Å². The molecule has 0 aliphatic heterocycles. The Kier molecular flexibility index (Phi) is 5.15. The standard InChI is InChI=1S/C15H12Cl2F4N2O/c1-7(2)6-24-11-4-8(10(18)5-9(11)16)13-12(17)14(15(19,20)21)23(3)22-13/h4-5H,1,6H2,2-3H3. The highest BCUT2D eigenvalue weighted by molar-refractivity contribution is 6.34. The van der Waals surface area contributed by atoms with Crippen LogP contribution in [0.4, 0.5) is 17.6 Å². The number of hydrogen-bond acceptors (Lipinski definition) is 2. The molecule has 0 bridgehead atoms. The molecule has 1 aromatic heterocycles. The smallest absolute Gasteiger partial charge is 0.434 e. The minimum absolute atomic E-state index is 0.0272. The number of nitrogens with zero attached hydrogens (tertiary/aromatic N) is 2. The first-order chi connectivity index (χ1) is 11.0. The van der Waals surface area contributed by atoms with E-state index in [1.807, 2.05) is 0 Å². The third-order valence-corrected chi connectivity index (χ3v) is 3.66. The summed E-state index contributed by atoms with van der Waals surface area (Å²) in [7, 11) is 1.07. The van der Waals surface area contributed by atoms with Gasteiger partial charge in [0.1, 0.15) is 23.9 Å². The number of ether oxygens (including phenoxy) is 1. The first-order valence-corrected chi connectivity index (χ1v) is 7.34. The highest BCUT2D eigenvalue weighted by atomic mass is 35.5. The molecule has 0 amide bonds. The molecule has 0 aliphatic carbocycles. The van der Waals surface area contributed by atoms with Crippen LogP contribution >= 0.6 is 23.2 Å². The number of alkyl halides is 3. The Hall–Kier alpha value is -1.73. The second-order valence-corrected chi connectivity index (χ2v) is 5.93. The molecule has 0 atom stereocenters. The van der Waals surface area contributed by atoms with E-state index in [4.69, 9.17) is 27.9 Å². The summed E-state index contributed by atoms with van der Waals surface area (Å²) >= 11 is 11.7. The molecule has 0 fully saturated rings. The van der Waals surface area contributed by atoms with Gasteiger partial charge in [-0.15, -0.1) is 0 Å². The Bertz CT molecular complexity index is 800. The molecule has 24 heavy (non-hydrogen) atoms. The molecule has 9 heteroatoms. The van der Waals surface area contributed by atoms with Crippen molar-refractivity contribution in [1.82, 2.24) is 9.78 Å². The molecule has 130 valence electrons. The first kappa shape index (κ1) is 18.6. The predicted octanol–water partition coefficient (Wildman–Crippen LogP) is 5.51. The summed E-state index contributed by atoms with van der Waals surface area (Å²) in [5, 5.41) is 2.96. The molecule has 0 saturated carbocycles. The molecule has 0 N–H and O–H groups in total. The van der Waals surface area contributed by atoms with Crippen LogP contribution in [0.25, 0.3) is 11.3 Å². The van der Waals surface area contributed by atoms with Gasteiger partial charge >= 0.3 is 6.18 Å². The van der Waals surface area contributed by atoms with E-state index < -0.39 is 22.7 Å². The van der Waals surface area contributed by atoms with E-state index in [0.717, 1.165) is 19.2 Å². The molecule has 2 rings (SSSR count). The number of benzene rings is 1. The quantitative estimate of drug-likeness (QED) is 0.515. The van der Waals surface area contributed by atoms with Crippen molar-refractivity contribution in [3.05, 3.63) is 45.8 Å². The number of rotatable bonds is 4. The van der Waals surface area contributed by atoms with Gasteiger partial charge in [-0.3, -0.25) is 4.68 Å². The van der Waals surface area contributed by atoms with Gasteiger partial charge in [0.05, 0.1) is 10.0 Å². The van der Waals surface area contributed by atoms with Crippen LogP contribution in [0.1, 0.15) is 12.6 Å². The Morgan fingerprint density at radius 2 is 1.96 bits per heavy atom. The Balaban J connectivity index is 2.57. The largest absolute Gasteiger partial charge is 0.488 e. The van der Waals surface area contributed by atoms with Crippen LogP contribution < -0.4 is 4.74 Å². The molecule has 0 aliphatic rings. The molecule has 1 aromatic carbocycles. The summed E-state index contributed by atoms with van der Waals surface area (Å²) < 4.78 is 59.1. The van der Waals surface area contributed by atoms with Crippen molar-refractivity contribution in [2.45, 2.75) is 13.1 Å². The fourth-order valence-corrected chi connectivity index (χ4v) is 2.57. The molecule has 1 heterocycles. The van der Waals surface area contributed by atoms with Crippen LogP contribution in [0, 0.1) is 5.82 Å². The molecule has 0 unspecified atom stereocenters. The summed E-state index contributed by atoms with van der Waals surface area (Å²) in [6.07, 6.45) is -4.72. The number of hydrogen-bond donors (Lipinski definition) is 0. The average molecular weight is 383 g/mol. The molecule has 0 spiro atoms. The van der Waals surface area contributed by atoms with Crippen molar-refractivity contribution in [2.75, 3.05) is 6.61 Å². The second kappa shape index (κ2) is 6.64. The second-order valence-electron chi connectivity index (χ2n) is 5.14. The Labute approximate surface area is 145 Å². The molecule has 0 saturated heterocycles. The van der Waals surface area contributed by atoms with Gasteiger partial charge in [0.25, 0.3) is 0 Å². The van der Waals surface area contributed by atoms with Gasteiger partial charge in [-0.2, -0.15) is 18.3 Å². The zero-order chi connectivity index (χ0) is 18.2. The third-order valence-electron chi connectivity index (χ3n) is 3.01. The van der Waals surface area contributed by atoms with Crippen LogP contribution in [0.3, 0.4) is 0 Å². The van der Waals surface area contributed by atoms with E-state index in [0.29, 0.717) is 10.3 Å². The zero-order valence-corrected chi connectivity index (χ0v) is 14.2. The monoisotopic (exact) mass is 382 g/mol. The maximum absolute atomic E-state index is 14.2. The molecular formula is C15H12Cl2F4N2O. The number of halogens is 6. The maximum Gasteiger partial charge on any atom is 0.434 e. The summed E-state index contributed by atoms with van der Waals surface area (Å²) in [4.78, 5) is 0. The van der Waals surface area contributed by atoms with Crippen LogP contribution in [-0.4, -0.2) is 16.4 Å². The average Bonchev–Trinajstić information content (AvgIpc) is 2.72. The maximum atomic E-state index is 14.2. The lowest BCUT2D eigenvalue weighted by molar-refractivity contribution is -0.143. The van der Waals surface area contributed by atoms with Gasteiger partial charge in [0.2, 0.25) is 0 Å². The van der Waals surface area contributed by atoms with Crippen molar-refractivity contribution in [3.63, 3.8) is 0 Å². The number of aryl methyl sites for hydroxylation is 1. The van der Waals surface area contributed by atoms with Crippen molar-refractivity contribution in [3.8, 4) is 17.0 Å². The van der Waals surface area contributed by atoms with Gasteiger partial charge in [-0.25, -0.2) is 4.39 Å². The molecule has 0 radical (unpaired) electrons. The summed E-state index contributed by atoms with van der Waals surface area (Å²) in [6.45, 7) is 5.48. The van der Waals surface area contributed by atoms with Crippen LogP contribution in [-0.2, 0) is 13.2 Å². The summed E-state index contributed by atoms with van der Waals surface area (Å²) in [6, 6.07) is 2.10. The topological polar surface area (TPSA) is 27.1 Å². The van der Waals surface area contributed by atoms with Gasteiger partial charge < -0.3 is 4.74 Å². The molecule has 3 nitrogen and oxygen atoms in total. The van der Waals surface area contributed by atoms with Crippen LogP contribution in [0.15, 0.2) is 24.3 Å². The zero-order valence-electron chi connectivity index (χ0n) is 12.6. The van der Waals surface area contributed by atoms with Crippen molar-refractivity contribution >= 4 is 23.2 Å².